The van der Waals surface area contributed by atoms with Crippen LogP contribution in [0, 0.1) is 18.6 Å². The van der Waals surface area contributed by atoms with Crippen LogP contribution in [0.1, 0.15) is 47.5 Å². The van der Waals surface area contributed by atoms with Crippen molar-refractivity contribution >= 4 is 18.4 Å². The fourth-order valence-corrected chi connectivity index (χ4v) is 3.47. The molecule has 3 aromatic heterocycles. The molecule has 0 aliphatic carbocycles. The molecular weight excluding hydrogens is 350 g/mol. The molecule has 0 spiro atoms. The lowest BCUT2D eigenvalue weighted by Gasteiger charge is -2.08. The van der Waals surface area contributed by atoms with Crippen LogP contribution in [0.3, 0.4) is 0 Å². The van der Waals surface area contributed by atoms with Crippen molar-refractivity contribution < 1.29 is 9.15 Å². The second-order valence-corrected chi connectivity index (χ2v) is 6.82. The summed E-state index contributed by atoms with van der Waals surface area (Å²) < 4.78 is 15.5. The van der Waals surface area contributed by atoms with Crippen LogP contribution in [0.4, 0.5) is 0 Å². The standard InChI is InChI=1S/C18H21N5O2S/c1-12-9-14(13(2)22(12)11-15-5-3-7-24-15)10-19-23-17(20-21-18(23)26)16-6-4-8-25-16/h3,5,7,9-10,16H,4,6,8,11H2,1-2H3,(H,21,26)/b19-10-/t16-/m1/s1. The molecule has 0 unspecified atom stereocenters. The van der Waals surface area contributed by atoms with E-state index in [-0.39, 0.29) is 6.10 Å². The van der Waals surface area contributed by atoms with Gasteiger partial charge in [-0.2, -0.15) is 14.9 Å². The lowest BCUT2D eigenvalue weighted by molar-refractivity contribution is 0.102. The van der Waals surface area contributed by atoms with Gasteiger partial charge in [-0.25, -0.2) is 0 Å². The van der Waals surface area contributed by atoms with Gasteiger partial charge in [0.15, 0.2) is 5.82 Å². The Hall–Kier alpha value is -2.45. The zero-order valence-electron chi connectivity index (χ0n) is 14.8. The molecule has 0 amide bonds. The van der Waals surface area contributed by atoms with Crippen LogP contribution in [-0.4, -0.2) is 32.3 Å². The van der Waals surface area contributed by atoms with Gasteiger partial charge in [-0.1, -0.05) is 0 Å². The van der Waals surface area contributed by atoms with E-state index in [1.165, 1.54) is 0 Å². The van der Waals surface area contributed by atoms with Crippen LogP contribution in [0.15, 0.2) is 34.0 Å². The second-order valence-electron chi connectivity index (χ2n) is 6.44. The highest BCUT2D eigenvalue weighted by molar-refractivity contribution is 7.71. The van der Waals surface area contributed by atoms with Gasteiger partial charge >= 0.3 is 0 Å². The number of hydrogen-bond acceptors (Lipinski definition) is 5. The van der Waals surface area contributed by atoms with E-state index in [0.717, 1.165) is 48.0 Å². The van der Waals surface area contributed by atoms with Gasteiger partial charge in [0.2, 0.25) is 4.77 Å². The Bertz CT molecular complexity index is 974. The van der Waals surface area contributed by atoms with E-state index in [4.69, 9.17) is 21.4 Å². The third-order valence-corrected chi connectivity index (χ3v) is 4.98. The Balaban J connectivity index is 1.62. The zero-order chi connectivity index (χ0) is 18.1. The van der Waals surface area contributed by atoms with Gasteiger partial charge in [-0.15, -0.1) is 0 Å². The first-order valence-electron chi connectivity index (χ1n) is 8.66. The van der Waals surface area contributed by atoms with Crippen LogP contribution >= 0.6 is 12.2 Å². The molecule has 3 aromatic rings. The Morgan fingerprint density at radius 2 is 2.35 bits per heavy atom. The van der Waals surface area contributed by atoms with E-state index in [1.807, 2.05) is 18.3 Å². The van der Waals surface area contributed by atoms with E-state index in [0.29, 0.717) is 11.3 Å². The highest BCUT2D eigenvalue weighted by Gasteiger charge is 2.23. The minimum Gasteiger partial charge on any atom is -0.467 e. The maximum atomic E-state index is 5.71. The Kier molecular flexibility index (Phi) is 4.60. The molecule has 0 bridgehead atoms. The largest absolute Gasteiger partial charge is 0.467 e. The van der Waals surface area contributed by atoms with Crippen LogP contribution in [0.2, 0.25) is 0 Å². The van der Waals surface area contributed by atoms with Crippen molar-refractivity contribution in [3.8, 4) is 0 Å². The zero-order valence-corrected chi connectivity index (χ0v) is 15.6. The molecule has 136 valence electrons. The fraction of sp³-hybridized carbons (Fsp3) is 0.389. The minimum atomic E-state index is -0.0496. The maximum Gasteiger partial charge on any atom is 0.216 e. The lowest BCUT2D eigenvalue weighted by Crippen LogP contribution is -2.06. The van der Waals surface area contributed by atoms with Gasteiger partial charge in [-0.3, -0.25) is 5.10 Å². The number of ether oxygens (including phenoxy) is 1. The number of aromatic nitrogens is 4. The van der Waals surface area contributed by atoms with E-state index >= 15 is 0 Å². The van der Waals surface area contributed by atoms with Crippen LogP contribution in [0.25, 0.3) is 0 Å². The minimum absolute atomic E-state index is 0.0496. The summed E-state index contributed by atoms with van der Waals surface area (Å²) in [6, 6.07) is 5.99. The number of rotatable bonds is 5. The summed E-state index contributed by atoms with van der Waals surface area (Å²) in [5.41, 5.74) is 3.31. The quantitative estimate of drug-likeness (QED) is 0.548. The number of H-pyrrole nitrogens is 1. The molecule has 26 heavy (non-hydrogen) atoms. The topological polar surface area (TPSA) is 73.3 Å². The maximum absolute atomic E-state index is 5.71. The summed E-state index contributed by atoms with van der Waals surface area (Å²) in [7, 11) is 0. The molecule has 1 saturated heterocycles. The molecule has 1 fully saturated rings. The summed E-state index contributed by atoms with van der Waals surface area (Å²) in [5.74, 6) is 1.65. The number of aryl methyl sites for hydroxylation is 1. The average molecular weight is 371 g/mol. The number of nitrogens with zero attached hydrogens (tertiary/aromatic N) is 4. The molecule has 1 aliphatic rings. The highest BCUT2D eigenvalue weighted by Crippen LogP contribution is 2.27. The molecular formula is C18H21N5O2S. The van der Waals surface area contributed by atoms with Gasteiger partial charge in [-0.05, 0) is 57.1 Å². The number of hydrogen-bond donors (Lipinski definition) is 1. The van der Waals surface area contributed by atoms with Gasteiger partial charge < -0.3 is 13.7 Å². The van der Waals surface area contributed by atoms with Crippen molar-refractivity contribution in [2.45, 2.75) is 39.3 Å². The van der Waals surface area contributed by atoms with Crippen molar-refractivity contribution in [2.75, 3.05) is 6.61 Å². The smallest absolute Gasteiger partial charge is 0.216 e. The van der Waals surface area contributed by atoms with Crippen LogP contribution < -0.4 is 0 Å². The van der Waals surface area contributed by atoms with E-state index in [2.05, 4.69) is 39.8 Å². The monoisotopic (exact) mass is 371 g/mol. The van der Waals surface area contributed by atoms with Crippen molar-refractivity contribution in [1.82, 2.24) is 19.4 Å². The normalized spacial score (nSPS) is 17.5. The summed E-state index contributed by atoms with van der Waals surface area (Å²) in [6.07, 6.45) is 5.44. The predicted octanol–water partition coefficient (Wildman–Crippen LogP) is 3.73. The SMILES string of the molecule is Cc1cc(/C=N\n2c([C@H]3CCCO3)n[nH]c2=S)c(C)n1Cc1ccco1. The third kappa shape index (κ3) is 3.17. The summed E-state index contributed by atoms with van der Waals surface area (Å²) in [5, 5.41) is 11.7. The first kappa shape index (κ1) is 17.0. The number of aromatic amines is 1. The summed E-state index contributed by atoms with van der Waals surface area (Å²) >= 11 is 5.32. The van der Waals surface area contributed by atoms with Gasteiger partial charge in [0.1, 0.15) is 11.9 Å². The average Bonchev–Trinajstić information content (AvgIpc) is 3.39. The highest BCUT2D eigenvalue weighted by atomic mass is 32.1. The Morgan fingerprint density at radius 1 is 1.46 bits per heavy atom. The predicted molar refractivity (Wildman–Crippen MR) is 100 cm³/mol. The lowest BCUT2D eigenvalue weighted by atomic mass is 10.2. The summed E-state index contributed by atoms with van der Waals surface area (Å²) in [6.45, 7) is 5.61. The van der Waals surface area contributed by atoms with Crippen molar-refractivity contribution in [1.29, 1.82) is 0 Å². The van der Waals surface area contributed by atoms with E-state index in [9.17, 15) is 0 Å². The molecule has 1 atom stereocenters. The molecule has 4 heterocycles. The molecule has 4 rings (SSSR count). The number of nitrogens with one attached hydrogen (secondary N) is 1. The molecule has 1 aliphatic heterocycles. The molecule has 1 N–H and O–H groups in total. The Labute approximate surface area is 156 Å². The van der Waals surface area contributed by atoms with Crippen molar-refractivity contribution in [3.05, 3.63) is 57.8 Å². The van der Waals surface area contributed by atoms with Gasteiger partial charge in [0.25, 0.3) is 0 Å². The van der Waals surface area contributed by atoms with Crippen molar-refractivity contribution in [3.63, 3.8) is 0 Å². The molecule has 7 nitrogen and oxygen atoms in total. The molecule has 0 aromatic carbocycles. The molecule has 0 saturated carbocycles. The molecule has 0 radical (unpaired) electrons. The number of furan rings is 1. The van der Waals surface area contributed by atoms with Crippen molar-refractivity contribution in [2.24, 2.45) is 5.10 Å². The van der Waals surface area contributed by atoms with E-state index in [1.54, 1.807) is 10.9 Å². The summed E-state index contributed by atoms with van der Waals surface area (Å²) in [4.78, 5) is 0. The van der Waals surface area contributed by atoms with Gasteiger partial charge in [0.05, 0.1) is 19.0 Å². The first-order valence-corrected chi connectivity index (χ1v) is 9.06. The third-order valence-electron chi connectivity index (χ3n) is 4.71. The first-order chi connectivity index (χ1) is 12.6. The van der Waals surface area contributed by atoms with E-state index < -0.39 is 0 Å². The van der Waals surface area contributed by atoms with Gasteiger partial charge in [0, 0.05) is 23.6 Å². The Morgan fingerprint density at radius 3 is 3.08 bits per heavy atom. The van der Waals surface area contributed by atoms with Crippen LogP contribution in [0.5, 0.6) is 0 Å². The molecule has 8 heteroatoms. The second kappa shape index (κ2) is 7.05. The van der Waals surface area contributed by atoms with Crippen LogP contribution in [-0.2, 0) is 11.3 Å². The fourth-order valence-electron chi connectivity index (χ4n) is 3.29.